The van der Waals surface area contributed by atoms with E-state index < -0.39 is 0 Å². The van der Waals surface area contributed by atoms with Crippen molar-refractivity contribution in [3.8, 4) is 0 Å². The fourth-order valence-electron chi connectivity index (χ4n) is 2.96. The van der Waals surface area contributed by atoms with E-state index in [0.29, 0.717) is 11.3 Å². The molecule has 0 saturated carbocycles. The lowest BCUT2D eigenvalue weighted by Crippen LogP contribution is -2.37. The maximum absolute atomic E-state index is 3.58. The van der Waals surface area contributed by atoms with Crippen molar-refractivity contribution in [2.45, 2.75) is 56.1 Å². The first-order valence-corrected chi connectivity index (χ1v) is 10.1. The lowest BCUT2D eigenvalue weighted by molar-refractivity contribution is 0.542. The first kappa shape index (κ1) is 17.2. The van der Waals surface area contributed by atoms with Gasteiger partial charge in [-0.15, -0.1) is 0 Å². The summed E-state index contributed by atoms with van der Waals surface area (Å²) in [6, 6.07) is 9.73. The molecule has 0 amide bonds. The Balaban J connectivity index is 2.20. The summed E-state index contributed by atoms with van der Waals surface area (Å²) in [5.41, 5.74) is 3.08. The van der Waals surface area contributed by atoms with Crippen molar-refractivity contribution in [2.75, 3.05) is 18.6 Å². The molecule has 3 heteroatoms. The molecular weight excluding hydrogens is 294 g/mol. The van der Waals surface area contributed by atoms with Crippen molar-refractivity contribution in [2.24, 2.45) is 0 Å². The third-order valence-electron chi connectivity index (χ3n) is 4.27. The molecule has 1 aliphatic heterocycles. The third kappa shape index (κ3) is 4.20. The summed E-state index contributed by atoms with van der Waals surface area (Å²) >= 11 is 4.31. The first-order valence-electron chi connectivity index (χ1n) is 7.98. The molecule has 0 radical (unpaired) electrons. The van der Waals surface area contributed by atoms with Crippen LogP contribution in [-0.2, 0) is 5.41 Å². The molecule has 1 aromatic rings. The van der Waals surface area contributed by atoms with Gasteiger partial charge in [0.05, 0.1) is 0 Å². The quantitative estimate of drug-likeness (QED) is 0.849. The van der Waals surface area contributed by atoms with Crippen LogP contribution >= 0.6 is 23.5 Å². The molecule has 3 atom stereocenters. The Labute approximate surface area is 139 Å². The summed E-state index contributed by atoms with van der Waals surface area (Å²) in [6.45, 7) is 9.15. The second-order valence-electron chi connectivity index (χ2n) is 6.79. The van der Waals surface area contributed by atoms with Crippen LogP contribution in [0.2, 0.25) is 0 Å². The highest BCUT2D eigenvalue weighted by molar-refractivity contribution is 8.07. The molecule has 118 valence electrons. The number of hydrogen-bond acceptors (Lipinski definition) is 3. The molecule has 0 bridgehead atoms. The van der Waals surface area contributed by atoms with Crippen LogP contribution in [0.3, 0.4) is 0 Å². The summed E-state index contributed by atoms with van der Waals surface area (Å²) < 4.78 is 0. The van der Waals surface area contributed by atoms with Crippen molar-refractivity contribution in [1.82, 2.24) is 5.32 Å². The minimum Gasteiger partial charge on any atom is -0.312 e. The van der Waals surface area contributed by atoms with Crippen LogP contribution in [0, 0.1) is 0 Å². The highest BCUT2D eigenvalue weighted by atomic mass is 32.2. The predicted octanol–water partition coefficient (Wildman–Crippen LogP) is 4.87. The number of nitrogens with one attached hydrogen (secondary N) is 1. The fraction of sp³-hybridized carbons (Fsp3) is 0.667. The van der Waals surface area contributed by atoms with Crippen LogP contribution in [-0.4, -0.2) is 29.1 Å². The Morgan fingerprint density at radius 3 is 2.29 bits per heavy atom. The standard InChI is InChI=1S/C18H29NS2/c1-6-15-17(21-12-11-20-15)16(19-5)13-7-9-14(10-8-13)18(2,3)4/h7-10,15-17,19H,6,11-12H2,1-5H3. The van der Waals surface area contributed by atoms with Gasteiger partial charge >= 0.3 is 0 Å². The lowest BCUT2D eigenvalue weighted by atomic mass is 9.86. The highest BCUT2D eigenvalue weighted by Crippen LogP contribution is 2.40. The number of thioether (sulfide) groups is 2. The lowest BCUT2D eigenvalue weighted by Gasteiger charge is -2.36. The van der Waals surface area contributed by atoms with Gasteiger partial charge in [0.1, 0.15) is 0 Å². The Kier molecular flexibility index (Phi) is 6.10. The van der Waals surface area contributed by atoms with Crippen molar-refractivity contribution >= 4 is 23.5 Å². The average molecular weight is 324 g/mol. The Morgan fingerprint density at radius 1 is 1.14 bits per heavy atom. The summed E-state index contributed by atoms with van der Waals surface area (Å²) in [6.07, 6.45) is 1.26. The largest absolute Gasteiger partial charge is 0.312 e. The predicted molar refractivity (Wildman–Crippen MR) is 99.7 cm³/mol. The van der Waals surface area contributed by atoms with E-state index in [9.17, 15) is 0 Å². The monoisotopic (exact) mass is 323 g/mol. The van der Waals surface area contributed by atoms with E-state index in [-0.39, 0.29) is 5.41 Å². The van der Waals surface area contributed by atoms with Crippen LogP contribution in [0.1, 0.15) is 51.3 Å². The summed E-state index contributed by atoms with van der Waals surface area (Å²) in [4.78, 5) is 0. The van der Waals surface area contributed by atoms with Crippen molar-refractivity contribution in [3.05, 3.63) is 35.4 Å². The van der Waals surface area contributed by atoms with Gasteiger partial charge < -0.3 is 5.32 Å². The van der Waals surface area contributed by atoms with Gasteiger partial charge in [-0.3, -0.25) is 0 Å². The van der Waals surface area contributed by atoms with E-state index in [1.807, 2.05) is 0 Å². The fourth-order valence-corrected chi connectivity index (χ4v) is 6.25. The van der Waals surface area contributed by atoms with Crippen LogP contribution in [0.5, 0.6) is 0 Å². The Hall–Kier alpha value is -0.120. The maximum Gasteiger partial charge on any atom is 0.0448 e. The van der Waals surface area contributed by atoms with Crippen LogP contribution < -0.4 is 5.32 Å². The summed E-state index contributed by atoms with van der Waals surface area (Å²) in [5, 5.41) is 5.02. The Bertz CT molecular complexity index is 436. The van der Waals surface area contributed by atoms with Gasteiger partial charge in [0.2, 0.25) is 0 Å². The van der Waals surface area contributed by atoms with Gasteiger partial charge in [0.25, 0.3) is 0 Å². The molecule has 1 aliphatic rings. The minimum absolute atomic E-state index is 0.231. The molecular formula is C18H29NS2. The van der Waals surface area contributed by atoms with Crippen LogP contribution in [0.15, 0.2) is 24.3 Å². The smallest absolute Gasteiger partial charge is 0.0448 e. The summed E-state index contributed by atoms with van der Waals surface area (Å²) in [5.74, 6) is 2.59. The topological polar surface area (TPSA) is 12.0 Å². The SMILES string of the molecule is CCC1SCCSC1C(NC)c1ccc(C(C)(C)C)cc1. The van der Waals surface area contributed by atoms with Gasteiger partial charge in [-0.2, -0.15) is 23.5 Å². The molecule has 0 spiro atoms. The molecule has 1 nitrogen and oxygen atoms in total. The van der Waals surface area contributed by atoms with Gasteiger partial charge in [-0.05, 0) is 30.0 Å². The molecule has 21 heavy (non-hydrogen) atoms. The highest BCUT2D eigenvalue weighted by Gasteiger charge is 2.32. The van der Waals surface area contributed by atoms with E-state index in [1.54, 1.807) is 0 Å². The van der Waals surface area contributed by atoms with Gasteiger partial charge in [-0.25, -0.2) is 0 Å². The molecule has 0 aliphatic carbocycles. The normalized spacial score (nSPS) is 24.8. The summed E-state index contributed by atoms with van der Waals surface area (Å²) in [7, 11) is 2.11. The second-order valence-corrected chi connectivity index (χ2v) is 9.42. The molecule has 0 aromatic heterocycles. The van der Waals surface area contributed by atoms with Crippen molar-refractivity contribution in [1.29, 1.82) is 0 Å². The molecule has 1 fully saturated rings. The molecule has 1 saturated heterocycles. The number of rotatable bonds is 4. The van der Waals surface area contributed by atoms with Crippen LogP contribution in [0.4, 0.5) is 0 Å². The zero-order valence-electron chi connectivity index (χ0n) is 14.0. The average Bonchev–Trinajstić information content (AvgIpc) is 2.48. The molecule has 2 rings (SSSR count). The van der Waals surface area contributed by atoms with Crippen LogP contribution in [0.25, 0.3) is 0 Å². The third-order valence-corrected chi connectivity index (χ3v) is 7.62. The first-order chi connectivity index (χ1) is 9.97. The molecule has 1 heterocycles. The van der Waals surface area contributed by atoms with E-state index in [0.717, 1.165) is 5.25 Å². The van der Waals surface area contributed by atoms with E-state index in [2.05, 4.69) is 87.8 Å². The minimum atomic E-state index is 0.231. The molecule has 1 N–H and O–H groups in total. The van der Waals surface area contributed by atoms with Gasteiger partial charge in [-0.1, -0.05) is 52.0 Å². The Morgan fingerprint density at radius 2 is 1.76 bits per heavy atom. The van der Waals surface area contributed by atoms with Gasteiger partial charge in [0.15, 0.2) is 0 Å². The zero-order valence-corrected chi connectivity index (χ0v) is 15.6. The number of hydrogen-bond donors (Lipinski definition) is 1. The van der Waals surface area contributed by atoms with Gasteiger partial charge in [0, 0.05) is 28.0 Å². The van der Waals surface area contributed by atoms with Crippen molar-refractivity contribution < 1.29 is 0 Å². The second kappa shape index (κ2) is 7.43. The van der Waals surface area contributed by atoms with E-state index in [4.69, 9.17) is 0 Å². The van der Waals surface area contributed by atoms with E-state index in [1.165, 1.54) is 29.1 Å². The number of benzene rings is 1. The van der Waals surface area contributed by atoms with Crippen molar-refractivity contribution in [3.63, 3.8) is 0 Å². The molecule has 3 unspecified atom stereocenters. The van der Waals surface area contributed by atoms with E-state index >= 15 is 0 Å². The molecule has 1 aromatic carbocycles. The zero-order chi connectivity index (χ0) is 15.5. The maximum atomic E-state index is 3.58.